The fraction of sp³-hybridized carbons (Fsp3) is 0.583. The molecule has 0 saturated carbocycles. The van der Waals surface area contributed by atoms with E-state index < -0.39 is 0 Å². The normalized spacial score (nSPS) is 11.8. The molecule has 6 nitrogen and oxygen atoms in total. The van der Waals surface area contributed by atoms with Crippen LogP contribution in [-0.2, 0) is 0 Å². The molecule has 0 saturated heterocycles. The Bertz CT molecular complexity index is 530. The Morgan fingerprint density at radius 3 is 2.72 bits per heavy atom. The van der Waals surface area contributed by atoms with E-state index in [0.29, 0.717) is 11.6 Å². The van der Waals surface area contributed by atoms with Crippen molar-refractivity contribution < 1.29 is 0 Å². The van der Waals surface area contributed by atoms with Gasteiger partial charge in [0.1, 0.15) is 5.52 Å². The first-order valence-electron chi connectivity index (χ1n) is 6.29. The third-order valence-corrected chi connectivity index (χ3v) is 2.96. The Morgan fingerprint density at radius 2 is 2.06 bits per heavy atom. The highest BCUT2D eigenvalue weighted by molar-refractivity contribution is 5.83. The van der Waals surface area contributed by atoms with Gasteiger partial charge in [-0.15, -0.1) is 0 Å². The monoisotopic (exact) mass is 248 g/mol. The summed E-state index contributed by atoms with van der Waals surface area (Å²) in [6, 6.07) is 0. The van der Waals surface area contributed by atoms with Crippen LogP contribution in [-0.4, -0.2) is 32.0 Å². The molecule has 3 N–H and O–H groups in total. The second kappa shape index (κ2) is 4.80. The standard InChI is InChI=1S/C12H20N6/c1-5-12(3,4)18-10-8-9(15-7-14-8)16-11(17-10)13-6-2/h7H,5-6H2,1-4H3,(H3,13,14,15,16,17,18). The number of nitrogens with zero attached hydrogens (tertiary/aromatic N) is 3. The van der Waals surface area contributed by atoms with E-state index in [9.17, 15) is 0 Å². The molecule has 0 fully saturated rings. The van der Waals surface area contributed by atoms with Crippen molar-refractivity contribution in [2.24, 2.45) is 0 Å². The number of aromatic amines is 1. The summed E-state index contributed by atoms with van der Waals surface area (Å²) in [5.74, 6) is 1.40. The molecule has 2 aromatic rings. The fourth-order valence-corrected chi connectivity index (χ4v) is 1.57. The van der Waals surface area contributed by atoms with Crippen molar-refractivity contribution in [3.8, 4) is 0 Å². The maximum atomic E-state index is 4.49. The molecular formula is C12H20N6. The summed E-state index contributed by atoms with van der Waals surface area (Å²) in [6.07, 6.45) is 2.64. The van der Waals surface area contributed by atoms with Gasteiger partial charge in [-0.3, -0.25) is 0 Å². The van der Waals surface area contributed by atoms with Crippen LogP contribution >= 0.6 is 0 Å². The molecule has 0 aliphatic rings. The van der Waals surface area contributed by atoms with E-state index in [1.54, 1.807) is 6.33 Å². The van der Waals surface area contributed by atoms with Gasteiger partial charge in [0.05, 0.1) is 6.33 Å². The zero-order valence-electron chi connectivity index (χ0n) is 11.3. The van der Waals surface area contributed by atoms with Gasteiger partial charge in [0.15, 0.2) is 11.5 Å². The Morgan fingerprint density at radius 1 is 1.28 bits per heavy atom. The highest BCUT2D eigenvalue weighted by Gasteiger charge is 2.18. The number of rotatable bonds is 5. The first-order valence-corrected chi connectivity index (χ1v) is 6.29. The van der Waals surface area contributed by atoms with Crippen LogP contribution in [0, 0.1) is 0 Å². The van der Waals surface area contributed by atoms with Crippen LogP contribution in [0.25, 0.3) is 11.2 Å². The van der Waals surface area contributed by atoms with Crippen LogP contribution in [0.3, 0.4) is 0 Å². The molecule has 6 heteroatoms. The van der Waals surface area contributed by atoms with Gasteiger partial charge in [-0.05, 0) is 27.2 Å². The molecule has 0 radical (unpaired) electrons. The molecule has 0 spiro atoms. The van der Waals surface area contributed by atoms with Crippen LogP contribution < -0.4 is 10.6 Å². The summed E-state index contributed by atoms with van der Waals surface area (Å²) in [5, 5.41) is 6.55. The van der Waals surface area contributed by atoms with Gasteiger partial charge in [-0.1, -0.05) is 6.92 Å². The fourth-order valence-electron chi connectivity index (χ4n) is 1.57. The molecule has 0 amide bonds. The van der Waals surface area contributed by atoms with Crippen molar-refractivity contribution in [3.05, 3.63) is 6.33 Å². The lowest BCUT2D eigenvalue weighted by atomic mass is 10.0. The van der Waals surface area contributed by atoms with Crippen molar-refractivity contribution in [2.45, 2.75) is 39.7 Å². The summed E-state index contributed by atoms with van der Waals surface area (Å²) in [4.78, 5) is 16.1. The van der Waals surface area contributed by atoms with Crippen molar-refractivity contribution in [2.75, 3.05) is 17.2 Å². The molecule has 18 heavy (non-hydrogen) atoms. The molecule has 98 valence electrons. The highest BCUT2D eigenvalue weighted by Crippen LogP contribution is 2.23. The Balaban J connectivity index is 2.43. The molecule has 0 bridgehead atoms. The van der Waals surface area contributed by atoms with Crippen molar-refractivity contribution >= 4 is 22.9 Å². The molecule has 2 rings (SSSR count). The lowest BCUT2D eigenvalue weighted by Crippen LogP contribution is -2.30. The lowest BCUT2D eigenvalue weighted by Gasteiger charge is -2.25. The highest BCUT2D eigenvalue weighted by atomic mass is 15.2. The first kappa shape index (κ1) is 12.6. The van der Waals surface area contributed by atoms with Crippen molar-refractivity contribution in [3.63, 3.8) is 0 Å². The summed E-state index contributed by atoms with van der Waals surface area (Å²) in [5.41, 5.74) is 1.50. The molecule has 2 aromatic heterocycles. The quantitative estimate of drug-likeness (QED) is 0.757. The number of aromatic nitrogens is 4. The molecule has 0 aliphatic heterocycles. The average Bonchev–Trinajstić information content (AvgIpc) is 2.77. The lowest BCUT2D eigenvalue weighted by molar-refractivity contribution is 0.545. The number of nitrogens with one attached hydrogen (secondary N) is 3. The van der Waals surface area contributed by atoms with Gasteiger partial charge >= 0.3 is 0 Å². The summed E-state index contributed by atoms with van der Waals surface area (Å²) < 4.78 is 0. The molecule has 0 atom stereocenters. The maximum absolute atomic E-state index is 4.49. The van der Waals surface area contributed by atoms with Crippen LogP contribution in [0.5, 0.6) is 0 Å². The zero-order chi connectivity index (χ0) is 13.2. The minimum Gasteiger partial charge on any atom is -0.363 e. The van der Waals surface area contributed by atoms with Crippen molar-refractivity contribution in [1.82, 2.24) is 19.9 Å². The Hall–Kier alpha value is -1.85. The predicted molar refractivity (Wildman–Crippen MR) is 73.8 cm³/mol. The van der Waals surface area contributed by atoms with Gasteiger partial charge in [0.2, 0.25) is 5.95 Å². The van der Waals surface area contributed by atoms with Gasteiger partial charge in [0, 0.05) is 12.1 Å². The molecule has 0 aliphatic carbocycles. The third kappa shape index (κ3) is 2.52. The number of anilines is 2. The van der Waals surface area contributed by atoms with Gasteiger partial charge in [-0.2, -0.15) is 9.97 Å². The van der Waals surface area contributed by atoms with Gasteiger partial charge < -0.3 is 15.6 Å². The molecular weight excluding hydrogens is 228 g/mol. The molecule has 0 unspecified atom stereocenters. The predicted octanol–water partition coefficient (Wildman–Crippen LogP) is 2.39. The topological polar surface area (TPSA) is 78.5 Å². The number of hydrogen-bond donors (Lipinski definition) is 3. The smallest absolute Gasteiger partial charge is 0.226 e. The van der Waals surface area contributed by atoms with E-state index in [1.807, 2.05) is 6.92 Å². The second-order valence-corrected chi connectivity index (χ2v) is 4.89. The van der Waals surface area contributed by atoms with Crippen molar-refractivity contribution in [1.29, 1.82) is 0 Å². The van der Waals surface area contributed by atoms with Crippen LogP contribution in [0.4, 0.5) is 11.8 Å². The number of imidazole rings is 1. The number of H-pyrrole nitrogens is 1. The average molecular weight is 248 g/mol. The van der Waals surface area contributed by atoms with Gasteiger partial charge in [-0.25, -0.2) is 4.98 Å². The Labute approximate surface area is 107 Å². The second-order valence-electron chi connectivity index (χ2n) is 4.89. The van der Waals surface area contributed by atoms with Crippen LogP contribution in [0.1, 0.15) is 34.1 Å². The summed E-state index contributed by atoms with van der Waals surface area (Å²) >= 11 is 0. The van der Waals surface area contributed by atoms with Crippen LogP contribution in [0.2, 0.25) is 0 Å². The Kier molecular flexibility index (Phi) is 3.36. The molecule has 0 aromatic carbocycles. The van der Waals surface area contributed by atoms with E-state index in [2.05, 4.69) is 51.3 Å². The SMILES string of the molecule is CCNc1nc(NC(C)(C)CC)c2[nH]cnc2n1. The summed E-state index contributed by atoms with van der Waals surface area (Å²) in [7, 11) is 0. The minimum atomic E-state index is -0.0180. The van der Waals surface area contributed by atoms with E-state index >= 15 is 0 Å². The molecule has 2 heterocycles. The van der Waals surface area contributed by atoms with E-state index in [4.69, 9.17) is 0 Å². The number of hydrogen-bond acceptors (Lipinski definition) is 5. The minimum absolute atomic E-state index is 0.0180. The maximum Gasteiger partial charge on any atom is 0.226 e. The first-order chi connectivity index (χ1) is 8.55. The van der Waals surface area contributed by atoms with E-state index in [1.165, 1.54) is 0 Å². The zero-order valence-corrected chi connectivity index (χ0v) is 11.3. The third-order valence-electron chi connectivity index (χ3n) is 2.96. The van der Waals surface area contributed by atoms with E-state index in [0.717, 1.165) is 24.3 Å². The van der Waals surface area contributed by atoms with Gasteiger partial charge in [0.25, 0.3) is 0 Å². The van der Waals surface area contributed by atoms with Crippen LogP contribution in [0.15, 0.2) is 6.33 Å². The largest absolute Gasteiger partial charge is 0.363 e. The number of fused-ring (bicyclic) bond motifs is 1. The summed E-state index contributed by atoms with van der Waals surface area (Å²) in [6.45, 7) is 9.23. The van der Waals surface area contributed by atoms with E-state index in [-0.39, 0.29) is 5.54 Å².